The molecule has 18 heavy (non-hydrogen) atoms. The Labute approximate surface area is 117 Å². The molecule has 0 spiro atoms. The van der Waals surface area contributed by atoms with Crippen LogP contribution in [0.1, 0.15) is 19.3 Å². The summed E-state index contributed by atoms with van der Waals surface area (Å²) >= 11 is 3.52. The van der Waals surface area contributed by atoms with E-state index in [4.69, 9.17) is 0 Å². The van der Waals surface area contributed by atoms with E-state index in [0.717, 1.165) is 11.0 Å². The highest BCUT2D eigenvalue weighted by molar-refractivity contribution is 9.10. The van der Waals surface area contributed by atoms with Gasteiger partial charge >= 0.3 is 0 Å². The maximum Gasteiger partial charge on any atom is 0.0481 e. The van der Waals surface area contributed by atoms with Crippen LogP contribution in [0.25, 0.3) is 10.9 Å². The average molecular weight is 307 g/mol. The van der Waals surface area contributed by atoms with Crippen LogP contribution in [0.5, 0.6) is 0 Å². The minimum atomic E-state index is 1.13. The molecule has 0 N–H and O–H groups in total. The molecule has 2 heterocycles. The molecule has 3 heteroatoms. The fourth-order valence-corrected chi connectivity index (χ4v) is 3.22. The van der Waals surface area contributed by atoms with E-state index in [1.807, 2.05) is 0 Å². The zero-order valence-corrected chi connectivity index (χ0v) is 12.2. The fraction of sp³-hybridized carbons (Fsp3) is 0.467. The van der Waals surface area contributed by atoms with Crippen molar-refractivity contribution >= 4 is 26.8 Å². The van der Waals surface area contributed by atoms with Gasteiger partial charge in [0.25, 0.3) is 0 Å². The molecule has 0 amide bonds. The number of aromatic nitrogens is 1. The third-order valence-electron chi connectivity index (χ3n) is 3.81. The van der Waals surface area contributed by atoms with E-state index in [-0.39, 0.29) is 0 Å². The first-order chi connectivity index (χ1) is 8.83. The van der Waals surface area contributed by atoms with Gasteiger partial charge in [0.05, 0.1) is 0 Å². The van der Waals surface area contributed by atoms with E-state index in [9.17, 15) is 0 Å². The van der Waals surface area contributed by atoms with Gasteiger partial charge in [-0.05, 0) is 63.2 Å². The molecule has 96 valence electrons. The Morgan fingerprint density at radius 3 is 2.72 bits per heavy atom. The third-order valence-corrected chi connectivity index (χ3v) is 4.30. The molecule has 1 aliphatic heterocycles. The largest absolute Gasteiger partial charge is 0.347 e. The van der Waals surface area contributed by atoms with Crippen molar-refractivity contribution in [2.24, 2.45) is 0 Å². The van der Waals surface area contributed by atoms with Gasteiger partial charge in [0, 0.05) is 28.1 Å². The summed E-state index contributed by atoms with van der Waals surface area (Å²) < 4.78 is 3.53. The molecule has 3 rings (SSSR count). The van der Waals surface area contributed by atoms with Gasteiger partial charge in [0.1, 0.15) is 0 Å². The molecule has 1 saturated heterocycles. The highest BCUT2D eigenvalue weighted by Gasteiger charge is 2.10. The standard InChI is InChI=1S/C15H19BrN2/c16-14-4-5-15-13(12-14)6-11-18(15)10-3-9-17-7-1-2-8-17/h4-6,11-12H,1-3,7-10H2. The van der Waals surface area contributed by atoms with E-state index < -0.39 is 0 Å². The van der Waals surface area contributed by atoms with Crippen LogP contribution >= 0.6 is 15.9 Å². The van der Waals surface area contributed by atoms with Crippen molar-refractivity contribution in [1.29, 1.82) is 0 Å². The Hall–Kier alpha value is -0.800. The Balaban J connectivity index is 1.63. The van der Waals surface area contributed by atoms with Crippen LogP contribution in [0.3, 0.4) is 0 Å². The zero-order valence-electron chi connectivity index (χ0n) is 10.6. The van der Waals surface area contributed by atoms with E-state index in [1.165, 1.54) is 49.8 Å². The molecule has 1 aromatic carbocycles. The Kier molecular flexibility index (Phi) is 3.71. The predicted octanol–water partition coefficient (Wildman–Crippen LogP) is 3.89. The van der Waals surface area contributed by atoms with Gasteiger partial charge in [-0.2, -0.15) is 0 Å². The number of halogens is 1. The summed E-state index contributed by atoms with van der Waals surface area (Å²) in [4.78, 5) is 2.59. The summed E-state index contributed by atoms with van der Waals surface area (Å²) in [5, 5.41) is 1.32. The maximum atomic E-state index is 3.52. The molecule has 1 aromatic heterocycles. The Morgan fingerprint density at radius 2 is 1.89 bits per heavy atom. The SMILES string of the molecule is Brc1ccc2c(ccn2CCCN2CCCC2)c1. The highest BCUT2D eigenvalue weighted by Crippen LogP contribution is 2.21. The Morgan fingerprint density at radius 1 is 1.06 bits per heavy atom. The summed E-state index contributed by atoms with van der Waals surface area (Å²) in [6.07, 6.45) is 6.24. The van der Waals surface area contributed by atoms with E-state index in [1.54, 1.807) is 0 Å². The monoisotopic (exact) mass is 306 g/mol. The second kappa shape index (κ2) is 5.45. The molecule has 0 bridgehead atoms. The van der Waals surface area contributed by atoms with Gasteiger partial charge in [-0.3, -0.25) is 0 Å². The average Bonchev–Trinajstić information content (AvgIpc) is 2.99. The topological polar surface area (TPSA) is 8.17 Å². The van der Waals surface area contributed by atoms with Gasteiger partial charge in [-0.1, -0.05) is 15.9 Å². The number of nitrogens with zero attached hydrogens (tertiary/aromatic N) is 2. The van der Waals surface area contributed by atoms with Crippen LogP contribution in [0, 0.1) is 0 Å². The number of hydrogen-bond acceptors (Lipinski definition) is 1. The van der Waals surface area contributed by atoms with E-state index in [2.05, 4.69) is 55.9 Å². The fourth-order valence-electron chi connectivity index (χ4n) is 2.84. The number of likely N-dealkylation sites (tertiary alicyclic amines) is 1. The third kappa shape index (κ3) is 2.62. The minimum absolute atomic E-state index is 1.13. The minimum Gasteiger partial charge on any atom is -0.347 e. The van der Waals surface area contributed by atoms with Crippen LogP contribution in [-0.2, 0) is 6.54 Å². The van der Waals surface area contributed by atoms with Gasteiger partial charge in [-0.15, -0.1) is 0 Å². The molecule has 1 fully saturated rings. The molecule has 2 aromatic rings. The van der Waals surface area contributed by atoms with E-state index >= 15 is 0 Å². The zero-order chi connectivity index (χ0) is 12.4. The predicted molar refractivity (Wildman–Crippen MR) is 79.9 cm³/mol. The first kappa shape index (κ1) is 12.2. The van der Waals surface area contributed by atoms with Crippen molar-refractivity contribution in [2.45, 2.75) is 25.8 Å². The van der Waals surface area contributed by atoms with Crippen molar-refractivity contribution in [1.82, 2.24) is 9.47 Å². The van der Waals surface area contributed by atoms with Crippen LogP contribution in [0.2, 0.25) is 0 Å². The number of fused-ring (bicyclic) bond motifs is 1. The van der Waals surface area contributed by atoms with Crippen LogP contribution < -0.4 is 0 Å². The Bertz CT molecular complexity index is 526. The molecule has 0 atom stereocenters. The number of aryl methyl sites for hydroxylation is 1. The first-order valence-electron chi connectivity index (χ1n) is 6.80. The second-order valence-electron chi connectivity index (χ2n) is 5.11. The second-order valence-corrected chi connectivity index (χ2v) is 6.03. The van der Waals surface area contributed by atoms with Crippen LogP contribution in [-0.4, -0.2) is 29.1 Å². The summed E-state index contributed by atoms with van der Waals surface area (Å²) in [6, 6.07) is 8.72. The molecule has 0 unspecified atom stereocenters. The van der Waals surface area contributed by atoms with Crippen molar-refractivity contribution in [3.8, 4) is 0 Å². The lowest BCUT2D eigenvalue weighted by Crippen LogP contribution is -2.21. The van der Waals surface area contributed by atoms with Gasteiger partial charge < -0.3 is 9.47 Å². The van der Waals surface area contributed by atoms with Gasteiger partial charge in [-0.25, -0.2) is 0 Å². The van der Waals surface area contributed by atoms with Crippen molar-refractivity contribution in [2.75, 3.05) is 19.6 Å². The normalized spacial score (nSPS) is 16.7. The summed E-state index contributed by atoms with van der Waals surface area (Å²) in [5.74, 6) is 0. The number of rotatable bonds is 4. The van der Waals surface area contributed by atoms with Crippen molar-refractivity contribution in [3.05, 3.63) is 34.9 Å². The lowest BCUT2D eigenvalue weighted by Gasteiger charge is -2.14. The van der Waals surface area contributed by atoms with Crippen molar-refractivity contribution < 1.29 is 0 Å². The van der Waals surface area contributed by atoms with Crippen molar-refractivity contribution in [3.63, 3.8) is 0 Å². The van der Waals surface area contributed by atoms with Gasteiger partial charge in [0.2, 0.25) is 0 Å². The molecule has 0 radical (unpaired) electrons. The highest BCUT2D eigenvalue weighted by atomic mass is 79.9. The van der Waals surface area contributed by atoms with E-state index in [0.29, 0.717) is 0 Å². The van der Waals surface area contributed by atoms with Gasteiger partial charge in [0.15, 0.2) is 0 Å². The molecule has 2 nitrogen and oxygen atoms in total. The summed E-state index contributed by atoms with van der Waals surface area (Å²) in [6.45, 7) is 4.98. The molecule has 0 saturated carbocycles. The number of hydrogen-bond donors (Lipinski definition) is 0. The first-order valence-corrected chi connectivity index (χ1v) is 7.59. The van der Waals surface area contributed by atoms with Crippen LogP contribution in [0.4, 0.5) is 0 Å². The molecular formula is C15H19BrN2. The molecule has 1 aliphatic rings. The summed E-state index contributed by atoms with van der Waals surface area (Å²) in [7, 11) is 0. The lowest BCUT2D eigenvalue weighted by atomic mass is 10.2. The lowest BCUT2D eigenvalue weighted by molar-refractivity contribution is 0.326. The van der Waals surface area contributed by atoms with Crippen LogP contribution in [0.15, 0.2) is 34.9 Å². The maximum absolute atomic E-state index is 3.52. The summed E-state index contributed by atoms with van der Waals surface area (Å²) in [5.41, 5.74) is 1.35. The smallest absolute Gasteiger partial charge is 0.0481 e. The quantitative estimate of drug-likeness (QED) is 0.832. The molecule has 0 aliphatic carbocycles. The molecular weight excluding hydrogens is 288 g/mol. The number of benzene rings is 1.